The molecule has 1 aliphatic heterocycles. The molecule has 5 nitrogen and oxygen atoms in total. The lowest BCUT2D eigenvalue weighted by Gasteiger charge is -1.91. The van der Waals surface area contributed by atoms with E-state index in [1.807, 2.05) is 4.72 Å². The fourth-order valence-corrected chi connectivity index (χ4v) is 2.29. The zero-order chi connectivity index (χ0) is 10.8. The Kier molecular flexibility index (Phi) is 2.87. The molecule has 0 bridgehead atoms. The number of hydrogen-bond donors (Lipinski definition) is 1. The van der Waals surface area contributed by atoms with E-state index in [-0.39, 0.29) is 10.5 Å². The highest BCUT2D eigenvalue weighted by Crippen LogP contribution is 2.20. The molecule has 75 valence electrons. The van der Waals surface area contributed by atoms with Gasteiger partial charge in [-0.15, -0.1) is 0 Å². The van der Waals surface area contributed by atoms with E-state index >= 15 is 0 Å². The second-order valence-corrected chi connectivity index (χ2v) is 4.08. The van der Waals surface area contributed by atoms with Gasteiger partial charge in [-0.05, 0) is 12.1 Å². The van der Waals surface area contributed by atoms with Crippen LogP contribution >= 0.6 is 0 Å². The van der Waals surface area contributed by atoms with E-state index in [2.05, 4.69) is 0 Å². The molecule has 1 N–H and O–H groups in total. The van der Waals surface area contributed by atoms with Crippen molar-refractivity contribution >= 4 is 15.9 Å². The number of amides is 1. The van der Waals surface area contributed by atoms with Gasteiger partial charge in [0.05, 0.1) is 12.7 Å². The molecule has 1 amide bonds. The molecule has 1 aromatic carbocycles. The summed E-state index contributed by atoms with van der Waals surface area (Å²) >= 11 is 0. The summed E-state index contributed by atoms with van der Waals surface area (Å²) in [4.78, 5) is 11.1. The summed E-state index contributed by atoms with van der Waals surface area (Å²) < 4.78 is 24.2. The lowest BCUT2D eigenvalue weighted by atomic mass is 10.2. The molecule has 0 spiro atoms. The maximum Gasteiger partial charge on any atom is 0.266 e. The van der Waals surface area contributed by atoms with Crippen LogP contribution < -0.4 is 4.72 Å². The van der Waals surface area contributed by atoms with Gasteiger partial charge in [-0.2, -0.15) is 0 Å². The number of benzene rings is 1. The minimum Gasteiger partial charge on any atom is -0.268 e. The Morgan fingerprint density at radius 3 is 2.29 bits per heavy atom. The molecule has 1 radical (unpaired) electrons. The Bertz CT molecular complexity index is 452. The van der Waals surface area contributed by atoms with Gasteiger partial charge in [0, 0.05) is 0 Å². The van der Waals surface area contributed by atoms with Crippen LogP contribution in [0.5, 0.6) is 0 Å². The van der Waals surface area contributed by atoms with E-state index in [4.69, 9.17) is 5.11 Å². The second-order valence-electron chi connectivity index (χ2n) is 2.43. The molecule has 0 aliphatic carbocycles. The highest BCUT2D eigenvalue weighted by Gasteiger charge is 2.31. The van der Waals surface area contributed by atoms with Gasteiger partial charge in [-0.3, -0.25) is 4.79 Å². The van der Waals surface area contributed by atoms with Gasteiger partial charge < -0.3 is 0 Å². The van der Waals surface area contributed by atoms with Crippen molar-refractivity contribution in [3.05, 3.63) is 29.8 Å². The van der Waals surface area contributed by atoms with Crippen LogP contribution in [0.2, 0.25) is 0 Å². The minimum atomic E-state index is -3.55. The molecule has 0 unspecified atom stereocenters. The Morgan fingerprint density at radius 2 is 1.71 bits per heavy atom. The lowest BCUT2D eigenvalue weighted by molar-refractivity contribution is 0.0985. The molecular weight excluding hydrogens is 206 g/mol. The van der Waals surface area contributed by atoms with Crippen LogP contribution in [0.15, 0.2) is 29.2 Å². The average Bonchev–Trinajstić information content (AvgIpc) is 2.42. The number of rotatable bonds is 0. The minimum absolute atomic E-state index is 0.0648. The van der Waals surface area contributed by atoms with Crippen LogP contribution in [0.25, 0.3) is 0 Å². The molecule has 1 heterocycles. The summed E-state index contributed by atoms with van der Waals surface area (Å²) in [5.74, 6) is -0.550. The fraction of sp³-hybridized carbons (Fsp3) is 0.125. The number of nitrogens with one attached hydrogen (secondary N) is 1. The van der Waals surface area contributed by atoms with Crippen molar-refractivity contribution in [2.45, 2.75) is 4.90 Å². The molecule has 0 saturated heterocycles. The summed E-state index contributed by atoms with van der Waals surface area (Å²) in [7, 11) is -2.80. The number of carbonyl (C=O) groups excluding carboxylic acids is 1. The smallest absolute Gasteiger partial charge is 0.266 e. The maximum atomic E-state index is 11.1. The number of carbonyl (C=O) groups is 1. The largest absolute Gasteiger partial charge is 0.268 e. The van der Waals surface area contributed by atoms with Crippen molar-refractivity contribution in [3.8, 4) is 0 Å². The normalized spacial score (nSPS) is 16.3. The zero-order valence-corrected chi connectivity index (χ0v) is 8.17. The monoisotopic (exact) mass is 214 g/mol. The third kappa shape index (κ3) is 1.61. The summed E-state index contributed by atoms with van der Waals surface area (Å²) in [6.07, 6.45) is 0. The predicted molar refractivity (Wildman–Crippen MR) is 47.7 cm³/mol. The maximum absolute atomic E-state index is 11.1. The summed E-state index contributed by atoms with van der Waals surface area (Å²) in [5.41, 5.74) is 0.220. The molecule has 0 atom stereocenters. The average molecular weight is 214 g/mol. The fourth-order valence-electron chi connectivity index (χ4n) is 1.12. The van der Waals surface area contributed by atoms with Gasteiger partial charge in [-0.25, -0.2) is 18.2 Å². The molecule has 0 saturated carbocycles. The van der Waals surface area contributed by atoms with E-state index in [1.54, 1.807) is 12.1 Å². The number of fused-ring (bicyclic) bond motifs is 1. The molecule has 0 aromatic heterocycles. The van der Waals surface area contributed by atoms with Gasteiger partial charge >= 0.3 is 0 Å². The third-order valence-corrected chi connectivity index (χ3v) is 3.04. The molecule has 6 heteroatoms. The summed E-state index contributed by atoms with van der Waals surface area (Å²) in [6, 6.07) is 6.09. The molecule has 2 rings (SSSR count). The molecule has 14 heavy (non-hydrogen) atoms. The first-order chi connectivity index (χ1) is 6.61. The van der Waals surface area contributed by atoms with Crippen LogP contribution in [0.1, 0.15) is 10.4 Å². The van der Waals surface area contributed by atoms with E-state index in [0.29, 0.717) is 0 Å². The van der Waals surface area contributed by atoms with Crippen molar-refractivity contribution in [2.75, 3.05) is 7.11 Å². The first kappa shape index (κ1) is 10.7. The van der Waals surface area contributed by atoms with Crippen LogP contribution in [0.4, 0.5) is 0 Å². The lowest BCUT2D eigenvalue weighted by Crippen LogP contribution is -2.20. The second kappa shape index (κ2) is 3.77. The van der Waals surface area contributed by atoms with Crippen LogP contribution in [-0.2, 0) is 15.1 Å². The molecule has 1 aromatic rings. The van der Waals surface area contributed by atoms with Crippen LogP contribution in [-0.4, -0.2) is 21.4 Å². The Labute approximate surface area is 81.4 Å². The molecular formula is C8H8NO4S. The van der Waals surface area contributed by atoms with Crippen molar-refractivity contribution in [1.29, 1.82) is 0 Å². The SMILES string of the molecule is C[O].O=C1NS(=O)(=O)c2ccccc21. The zero-order valence-electron chi connectivity index (χ0n) is 7.35. The standard InChI is InChI=1S/C7H5NO3S.CH3O/c9-7-5-3-1-2-4-6(5)12(10,11)8-7;1-2/h1-4H,(H,8,9);1H3. The molecule has 1 aliphatic rings. The number of hydrogen-bond acceptors (Lipinski definition) is 3. The van der Waals surface area contributed by atoms with E-state index in [9.17, 15) is 13.2 Å². The summed E-state index contributed by atoms with van der Waals surface area (Å²) in [6.45, 7) is 0. The van der Waals surface area contributed by atoms with Gasteiger partial charge in [0.25, 0.3) is 15.9 Å². The van der Waals surface area contributed by atoms with Gasteiger partial charge in [0.1, 0.15) is 4.90 Å². The van der Waals surface area contributed by atoms with Crippen LogP contribution in [0.3, 0.4) is 0 Å². The van der Waals surface area contributed by atoms with Gasteiger partial charge in [0.2, 0.25) is 0 Å². The quantitative estimate of drug-likeness (QED) is 0.668. The van der Waals surface area contributed by atoms with Crippen molar-refractivity contribution < 1.29 is 18.3 Å². The first-order valence-electron chi connectivity index (χ1n) is 3.68. The molecule has 0 fully saturated rings. The summed E-state index contributed by atoms with van der Waals surface area (Å²) in [5, 5.41) is 8.25. The third-order valence-electron chi connectivity index (χ3n) is 1.65. The van der Waals surface area contributed by atoms with E-state index in [1.165, 1.54) is 12.1 Å². The predicted octanol–water partition coefficient (Wildman–Crippen LogP) is 0.165. The van der Waals surface area contributed by atoms with Gasteiger partial charge in [-0.1, -0.05) is 12.1 Å². The highest BCUT2D eigenvalue weighted by atomic mass is 32.2. The highest BCUT2D eigenvalue weighted by molar-refractivity contribution is 7.90. The van der Waals surface area contributed by atoms with Crippen molar-refractivity contribution in [3.63, 3.8) is 0 Å². The van der Waals surface area contributed by atoms with E-state index < -0.39 is 15.9 Å². The van der Waals surface area contributed by atoms with Gasteiger partial charge in [0.15, 0.2) is 0 Å². The first-order valence-corrected chi connectivity index (χ1v) is 5.16. The van der Waals surface area contributed by atoms with Crippen molar-refractivity contribution in [2.24, 2.45) is 0 Å². The number of sulfonamides is 1. The Hall–Kier alpha value is -1.40. The Morgan fingerprint density at radius 1 is 1.14 bits per heavy atom. The van der Waals surface area contributed by atoms with E-state index in [0.717, 1.165) is 7.11 Å². The topological polar surface area (TPSA) is 83.1 Å². The Balaban J connectivity index is 0.000000461. The van der Waals surface area contributed by atoms with Crippen LogP contribution in [0, 0.1) is 0 Å². The van der Waals surface area contributed by atoms with Crippen molar-refractivity contribution in [1.82, 2.24) is 4.72 Å².